The first-order valence-corrected chi connectivity index (χ1v) is 6.58. The van der Waals surface area contributed by atoms with Crippen LogP contribution in [0.4, 0.5) is 5.95 Å². The highest BCUT2D eigenvalue weighted by Gasteiger charge is 2.22. The Balaban J connectivity index is 2.21. The molecule has 2 heterocycles. The molecule has 94 valence electrons. The van der Waals surface area contributed by atoms with E-state index in [2.05, 4.69) is 14.9 Å². The highest BCUT2D eigenvalue weighted by Crippen LogP contribution is 2.23. The molecular formula is C12H18ClN3O. The molecule has 5 heteroatoms. The first-order chi connectivity index (χ1) is 8.35. The molecule has 1 saturated heterocycles. The maximum Gasteiger partial charge on any atom is 0.228 e. The number of ether oxygens (including phenoxy) is 1. The minimum Gasteiger partial charge on any atom is -0.481 e. The Kier molecular flexibility index (Phi) is 4.42. The average molecular weight is 256 g/mol. The number of anilines is 1. The molecule has 0 aliphatic carbocycles. The lowest BCUT2D eigenvalue weighted by molar-refractivity contribution is 0.396. The SMILES string of the molecule is COc1ccnc(N2CCCCCC2CCl)n1. The van der Waals surface area contributed by atoms with Crippen LogP contribution in [0.25, 0.3) is 0 Å². The Hall–Kier alpha value is -1.03. The van der Waals surface area contributed by atoms with Crippen LogP contribution in [0.3, 0.4) is 0 Å². The van der Waals surface area contributed by atoms with Crippen molar-refractivity contribution in [3.05, 3.63) is 12.3 Å². The van der Waals surface area contributed by atoms with Gasteiger partial charge in [0.05, 0.1) is 7.11 Å². The lowest BCUT2D eigenvalue weighted by atomic mass is 10.1. The van der Waals surface area contributed by atoms with Crippen LogP contribution in [0.15, 0.2) is 12.3 Å². The van der Waals surface area contributed by atoms with E-state index in [0.717, 1.165) is 18.9 Å². The van der Waals surface area contributed by atoms with Crippen molar-refractivity contribution < 1.29 is 4.74 Å². The fourth-order valence-electron chi connectivity index (χ4n) is 2.19. The molecule has 17 heavy (non-hydrogen) atoms. The van der Waals surface area contributed by atoms with E-state index in [9.17, 15) is 0 Å². The zero-order chi connectivity index (χ0) is 12.1. The summed E-state index contributed by atoms with van der Waals surface area (Å²) < 4.78 is 5.14. The third-order valence-electron chi connectivity index (χ3n) is 3.14. The maximum atomic E-state index is 6.04. The highest BCUT2D eigenvalue weighted by molar-refractivity contribution is 6.18. The monoisotopic (exact) mass is 255 g/mol. The molecule has 0 N–H and O–H groups in total. The third-order valence-corrected chi connectivity index (χ3v) is 3.49. The van der Waals surface area contributed by atoms with E-state index in [1.807, 2.05) is 0 Å². The number of alkyl halides is 1. The number of aromatic nitrogens is 2. The summed E-state index contributed by atoms with van der Waals surface area (Å²) in [5.41, 5.74) is 0. The lowest BCUT2D eigenvalue weighted by Crippen LogP contribution is -2.37. The van der Waals surface area contributed by atoms with E-state index in [4.69, 9.17) is 16.3 Å². The van der Waals surface area contributed by atoms with E-state index < -0.39 is 0 Å². The molecule has 1 atom stereocenters. The smallest absolute Gasteiger partial charge is 0.228 e. The molecule has 0 radical (unpaired) electrons. The van der Waals surface area contributed by atoms with Gasteiger partial charge in [0.25, 0.3) is 0 Å². The Morgan fingerprint density at radius 1 is 1.47 bits per heavy atom. The average Bonchev–Trinajstić information content (AvgIpc) is 2.63. The normalized spacial score (nSPS) is 21.1. The summed E-state index contributed by atoms with van der Waals surface area (Å²) in [4.78, 5) is 10.9. The first kappa shape index (κ1) is 12.4. The van der Waals surface area contributed by atoms with Gasteiger partial charge in [0.15, 0.2) is 0 Å². The Morgan fingerprint density at radius 3 is 3.12 bits per heavy atom. The van der Waals surface area contributed by atoms with Crippen LogP contribution in [-0.4, -0.2) is 35.5 Å². The van der Waals surface area contributed by atoms with Gasteiger partial charge in [0, 0.05) is 30.7 Å². The fraction of sp³-hybridized carbons (Fsp3) is 0.667. The lowest BCUT2D eigenvalue weighted by Gasteiger charge is -2.28. The second-order valence-electron chi connectivity index (χ2n) is 4.25. The van der Waals surface area contributed by atoms with Crippen LogP contribution in [0.1, 0.15) is 25.7 Å². The number of halogens is 1. The van der Waals surface area contributed by atoms with E-state index in [-0.39, 0.29) is 0 Å². The molecule has 0 spiro atoms. The largest absolute Gasteiger partial charge is 0.481 e. The topological polar surface area (TPSA) is 38.2 Å². The zero-order valence-electron chi connectivity index (χ0n) is 10.1. The van der Waals surface area contributed by atoms with E-state index in [0.29, 0.717) is 17.8 Å². The van der Waals surface area contributed by atoms with Gasteiger partial charge in [-0.1, -0.05) is 12.8 Å². The zero-order valence-corrected chi connectivity index (χ0v) is 10.9. The summed E-state index contributed by atoms with van der Waals surface area (Å²) in [6.07, 6.45) is 6.51. The number of methoxy groups -OCH3 is 1. The van der Waals surface area contributed by atoms with Crippen molar-refractivity contribution in [2.75, 3.05) is 24.4 Å². The summed E-state index contributed by atoms with van der Waals surface area (Å²) in [5.74, 6) is 1.96. The van der Waals surface area contributed by atoms with Crippen LogP contribution < -0.4 is 9.64 Å². The quantitative estimate of drug-likeness (QED) is 0.778. The van der Waals surface area contributed by atoms with Crippen LogP contribution in [0.5, 0.6) is 5.88 Å². The molecule has 1 unspecified atom stereocenters. The number of hydrogen-bond donors (Lipinski definition) is 0. The van der Waals surface area contributed by atoms with Gasteiger partial charge in [0.1, 0.15) is 0 Å². The van der Waals surface area contributed by atoms with Crippen molar-refractivity contribution >= 4 is 17.5 Å². The molecule has 1 aliphatic rings. The molecule has 0 saturated carbocycles. The van der Waals surface area contributed by atoms with Gasteiger partial charge >= 0.3 is 0 Å². The van der Waals surface area contributed by atoms with E-state index in [1.165, 1.54) is 19.3 Å². The summed E-state index contributed by atoms with van der Waals surface area (Å²) in [7, 11) is 1.62. The molecule has 1 fully saturated rings. The summed E-state index contributed by atoms with van der Waals surface area (Å²) in [6, 6.07) is 2.10. The summed E-state index contributed by atoms with van der Waals surface area (Å²) in [6.45, 7) is 0.977. The van der Waals surface area contributed by atoms with Crippen molar-refractivity contribution in [3.63, 3.8) is 0 Å². The standard InChI is InChI=1S/C12H18ClN3O/c1-17-11-6-7-14-12(15-11)16-8-4-2-3-5-10(16)9-13/h6-7,10H,2-5,8-9H2,1H3. The number of rotatable bonds is 3. The Bertz CT molecular complexity index is 361. The molecular weight excluding hydrogens is 238 g/mol. The van der Waals surface area contributed by atoms with Gasteiger partial charge in [-0.15, -0.1) is 11.6 Å². The number of nitrogens with zero attached hydrogens (tertiary/aromatic N) is 3. The molecule has 4 nitrogen and oxygen atoms in total. The van der Waals surface area contributed by atoms with Gasteiger partial charge in [-0.3, -0.25) is 0 Å². The van der Waals surface area contributed by atoms with Gasteiger partial charge in [-0.2, -0.15) is 4.98 Å². The predicted octanol–water partition coefficient (Wildman–Crippen LogP) is 2.47. The minimum absolute atomic E-state index is 0.339. The Morgan fingerprint density at radius 2 is 2.35 bits per heavy atom. The van der Waals surface area contributed by atoms with Gasteiger partial charge < -0.3 is 9.64 Å². The Labute approximate surface area is 107 Å². The maximum absolute atomic E-state index is 6.04. The molecule has 0 amide bonds. The molecule has 1 aromatic heterocycles. The highest BCUT2D eigenvalue weighted by atomic mass is 35.5. The van der Waals surface area contributed by atoms with Crippen LogP contribution in [0.2, 0.25) is 0 Å². The van der Waals surface area contributed by atoms with Crippen LogP contribution in [-0.2, 0) is 0 Å². The van der Waals surface area contributed by atoms with Crippen molar-refractivity contribution in [2.24, 2.45) is 0 Å². The van der Waals surface area contributed by atoms with Crippen molar-refractivity contribution in [1.29, 1.82) is 0 Å². The molecule has 1 aliphatic heterocycles. The van der Waals surface area contributed by atoms with E-state index >= 15 is 0 Å². The van der Waals surface area contributed by atoms with Crippen LogP contribution in [0, 0.1) is 0 Å². The first-order valence-electron chi connectivity index (χ1n) is 6.05. The van der Waals surface area contributed by atoms with E-state index in [1.54, 1.807) is 19.4 Å². The van der Waals surface area contributed by atoms with Crippen molar-refractivity contribution in [1.82, 2.24) is 9.97 Å². The predicted molar refractivity (Wildman–Crippen MR) is 68.9 cm³/mol. The summed E-state index contributed by atoms with van der Waals surface area (Å²) in [5, 5.41) is 0. The van der Waals surface area contributed by atoms with Gasteiger partial charge in [-0.25, -0.2) is 4.98 Å². The molecule has 1 aromatic rings. The fourth-order valence-corrected chi connectivity index (χ4v) is 2.51. The molecule has 0 aromatic carbocycles. The van der Waals surface area contributed by atoms with Crippen molar-refractivity contribution in [3.8, 4) is 5.88 Å². The second-order valence-corrected chi connectivity index (χ2v) is 4.56. The number of hydrogen-bond acceptors (Lipinski definition) is 4. The summed E-state index contributed by atoms with van der Waals surface area (Å²) >= 11 is 6.04. The third kappa shape index (κ3) is 3.00. The second kappa shape index (κ2) is 6.05. The minimum atomic E-state index is 0.339. The molecule has 2 rings (SSSR count). The van der Waals surface area contributed by atoms with Gasteiger partial charge in [0.2, 0.25) is 11.8 Å². The van der Waals surface area contributed by atoms with Crippen LogP contribution >= 0.6 is 11.6 Å². The van der Waals surface area contributed by atoms with Crippen molar-refractivity contribution in [2.45, 2.75) is 31.7 Å². The van der Waals surface area contributed by atoms with Gasteiger partial charge in [-0.05, 0) is 12.8 Å². The molecule has 0 bridgehead atoms.